The van der Waals surface area contributed by atoms with E-state index in [4.69, 9.17) is 15.3 Å². The summed E-state index contributed by atoms with van der Waals surface area (Å²) in [5.41, 5.74) is 2.86. The van der Waals surface area contributed by atoms with E-state index in [0.717, 1.165) is 30.9 Å². The molecular weight excluding hydrogens is 298 g/mol. The third kappa shape index (κ3) is 3.62. The van der Waals surface area contributed by atoms with Crippen LogP contribution in [0.3, 0.4) is 0 Å². The maximum atomic E-state index is 12.0. The zero-order valence-electron chi connectivity index (χ0n) is 12.9. The predicted molar refractivity (Wildman–Crippen MR) is 83.7 cm³/mol. The van der Waals surface area contributed by atoms with Gasteiger partial charge in [-0.25, -0.2) is 5.84 Å². The van der Waals surface area contributed by atoms with Crippen LogP contribution < -0.4 is 20.9 Å². The summed E-state index contributed by atoms with van der Waals surface area (Å²) in [4.78, 5) is 25.2. The van der Waals surface area contributed by atoms with Crippen LogP contribution >= 0.6 is 0 Å². The van der Waals surface area contributed by atoms with Crippen LogP contribution in [0.15, 0.2) is 24.3 Å². The fourth-order valence-electron chi connectivity index (χ4n) is 2.94. The number of hydrazine groups is 1. The van der Waals surface area contributed by atoms with Crippen LogP contribution in [0.5, 0.6) is 5.75 Å². The van der Waals surface area contributed by atoms with Crippen molar-refractivity contribution in [2.75, 3.05) is 24.7 Å². The van der Waals surface area contributed by atoms with Crippen molar-refractivity contribution in [2.24, 2.45) is 11.8 Å². The number of rotatable bonds is 5. The van der Waals surface area contributed by atoms with Crippen molar-refractivity contribution in [3.63, 3.8) is 0 Å². The van der Waals surface area contributed by atoms with Gasteiger partial charge in [0.15, 0.2) is 0 Å². The molecule has 7 heteroatoms. The second-order valence-corrected chi connectivity index (χ2v) is 5.85. The molecule has 2 saturated heterocycles. The second-order valence-electron chi connectivity index (χ2n) is 5.85. The summed E-state index contributed by atoms with van der Waals surface area (Å²) in [5.74, 6) is 5.09. The van der Waals surface area contributed by atoms with Crippen LogP contribution in [0.4, 0.5) is 5.69 Å². The summed E-state index contributed by atoms with van der Waals surface area (Å²) in [5, 5.41) is 0. The number of nitrogens with one attached hydrogen (secondary N) is 1. The van der Waals surface area contributed by atoms with Gasteiger partial charge in [0.25, 0.3) is 0 Å². The van der Waals surface area contributed by atoms with Crippen molar-refractivity contribution in [1.82, 2.24) is 5.43 Å². The Morgan fingerprint density at radius 1 is 1.39 bits per heavy atom. The molecule has 2 fully saturated rings. The Morgan fingerprint density at radius 2 is 2.17 bits per heavy atom. The second kappa shape index (κ2) is 6.97. The molecule has 124 valence electrons. The molecule has 23 heavy (non-hydrogen) atoms. The Kier molecular flexibility index (Phi) is 4.78. The van der Waals surface area contributed by atoms with Gasteiger partial charge in [-0.1, -0.05) is 0 Å². The molecule has 1 aromatic carbocycles. The maximum absolute atomic E-state index is 12.0. The van der Waals surface area contributed by atoms with E-state index in [0.29, 0.717) is 13.2 Å². The van der Waals surface area contributed by atoms with Crippen molar-refractivity contribution in [3.8, 4) is 5.75 Å². The zero-order chi connectivity index (χ0) is 16.2. The van der Waals surface area contributed by atoms with E-state index in [1.165, 1.54) is 0 Å². The first-order chi connectivity index (χ1) is 11.2. The lowest BCUT2D eigenvalue weighted by Gasteiger charge is -2.17. The number of amides is 2. The molecule has 2 atom stereocenters. The van der Waals surface area contributed by atoms with Gasteiger partial charge in [-0.05, 0) is 37.1 Å². The Hall–Kier alpha value is -2.12. The first kappa shape index (κ1) is 15.8. The standard InChI is InChI=1S/C16H21N3O4/c17-18-16(21)11-8-15(20)19(9-11)12-3-5-13(6-4-12)23-10-14-2-1-7-22-14/h3-6,11,14H,1-2,7-10,17H2,(H,18,21). The molecule has 0 aliphatic carbocycles. The largest absolute Gasteiger partial charge is 0.491 e. The SMILES string of the molecule is NNC(=O)C1CC(=O)N(c2ccc(OCC3CCCO3)cc2)C1. The number of anilines is 1. The van der Waals surface area contributed by atoms with E-state index < -0.39 is 5.92 Å². The Balaban J connectivity index is 1.58. The predicted octanol–water partition coefficient (Wildman–Crippen LogP) is 0.587. The first-order valence-electron chi connectivity index (χ1n) is 7.82. The van der Waals surface area contributed by atoms with Crippen molar-refractivity contribution in [2.45, 2.75) is 25.4 Å². The zero-order valence-corrected chi connectivity index (χ0v) is 12.9. The topological polar surface area (TPSA) is 93.9 Å². The average Bonchev–Trinajstić information content (AvgIpc) is 3.22. The van der Waals surface area contributed by atoms with Crippen molar-refractivity contribution in [1.29, 1.82) is 0 Å². The smallest absolute Gasteiger partial charge is 0.239 e. The Labute approximate surface area is 134 Å². The van der Waals surface area contributed by atoms with Crippen molar-refractivity contribution < 1.29 is 19.1 Å². The van der Waals surface area contributed by atoms with Gasteiger partial charge in [0.2, 0.25) is 11.8 Å². The molecule has 0 saturated carbocycles. The summed E-state index contributed by atoms with van der Waals surface area (Å²) in [6.45, 7) is 1.69. The lowest BCUT2D eigenvalue weighted by atomic mass is 10.1. The maximum Gasteiger partial charge on any atom is 0.239 e. The molecule has 2 amide bonds. The third-order valence-electron chi connectivity index (χ3n) is 4.25. The number of benzene rings is 1. The summed E-state index contributed by atoms with van der Waals surface area (Å²) >= 11 is 0. The van der Waals surface area contributed by atoms with Gasteiger partial charge < -0.3 is 14.4 Å². The highest BCUT2D eigenvalue weighted by molar-refractivity contribution is 6.00. The Morgan fingerprint density at radius 3 is 2.83 bits per heavy atom. The van der Waals surface area contributed by atoms with E-state index in [1.54, 1.807) is 4.90 Å². The molecule has 0 spiro atoms. The molecule has 2 aliphatic rings. The number of carbonyl (C=O) groups is 2. The lowest BCUT2D eigenvalue weighted by Crippen LogP contribution is -2.37. The average molecular weight is 319 g/mol. The molecule has 0 bridgehead atoms. The molecule has 2 aliphatic heterocycles. The van der Waals surface area contributed by atoms with E-state index in [1.807, 2.05) is 24.3 Å². The van der Waals surface area contributed by atoms with Crippen LogP contribution in [-0.4, -0.2) is 37.7 Å². The lowest BCUT2D eigenvalue weighted by molar-refractivity contribution is -0.126. The van der Waals surface area contributed by atoms with Crippen molar-refractivity contribution in [3.05, 3.63) is 24.3 Å². The minimum Gasteiger partial charge on any atom is -0.491 e. The van der Waals surface area contributed by atoms with Crippen LogP contribution in [0.1, 0.15) is 19.3 Å². The number of nitrogens with zero attached hydrogens (tertiary/aromatic N) is 1. The van der Waals surface area contributed by atoms with Gasteiger partial charge in [-0.15, -0.1) is 0 Å². The number of ether oxygens (including phenoxy) is 2. The molecule has 1 aromatic rings. The number of nitrogens with two attached hydrogens (primary N) is 1. The molecular formula is C16H21N3O4. The molecule has 7 nitrogen and oxygen atoms in total. The highest BCUT2D eigenvalue weighted by Crippen LogP contribution is 2.27. The van der Waals surface area contributed by atoms with Gasteiger partial charge in [-0.3, -0.25) is 15.0 Å². The highest BCUT2D eigenvalue weighted by Gasteiger charge is 2.34. The summed E-state index contributed by atoms with van der Waals surface area (Å²) < 4.78 is 11.2. The fraction of sp³-hybridized carbons (Fsp3) is 0.500. The number of hydrogen-bond acceptors (Lipinski definition) is 5. The molecule has 2 unspecified atom stereocenters. The van der Waals surface area contributed by atoms with Gasteiger partial charge in [0, 0.05) is 25.3 Å². The minimum atomic E-state index is -0.400. The normalized spacial score (nSPS) is 24.0. The van der Waals surface area contributed by atoms with Gasteiger partial charge in [0.1, 0.15) is 12.4 Å². The van der Waals surface area contributed by atoms with E-state index in [-0.39, 0.29) is 24.3 Å². The molecule has 2 heterocycles. The van der Waals surface area contributed by atoms with E-state index in [2.05, 4.69) is 5.43 Å². The monoisotopic (exact) mass is 319 g/mol. The summed E-state index contributed by atoms with van der Waals surface area (Å²) in [7, 11) is 0. The van der Waals surface area contributed by atoms with Crippen LogP contribution in [-0.2, 0) is 14.3 Å². The fourth-order valence-corrected chi connectivity index (χ4v) is 2.94. The summed E-state index contributed by atoms with van der Waals surface area (Å²) in [6, 6.07) is 7.30. The van der Waals surface area contributed by atoms with Crippen molar-refractivity contribution >= 4 is 17.5 Å². The molecule has 3 N–H and O–H groups in total. The van der Waals surface area contributed by atoms with E-state index >= 15 is 0 Å². The highest BCUT2D eigenvalue weighted by atomic mass is 16.5. The summed E-state index contributed by atoms with van der Waals surface area (Å²) in [6.07, 6.45) is 2.47. The Bertz CT molecular complexity index is 569. The van der Waals surface area contributed by atoms with E-state index in [9.17, 15) is 9.59 Å². The first-order valence-corrected chi connectivity index (χ1v) is 7.82. The van der Waals surface area contributed by atoms with Gasteiger partial charge in [0.05, 0.1) is 12.0 Å². The molecule has 0 radical (unpaired) electrons. The number of carbonyl (C=O) groups excluding carboxylic acids is 2. The molecule has 0 aromatic heterocycles. The number of hydrogen-bond donors (Lipinski definition) is 2. The quantitative estimate of drug-likeness (QED) is 0.470. The van der Waals surface area contributed by atoms with Crippen LogP contribution in [0.25, 0.3) is 0 Å². The van der Waals surface area contributed by atoms with Crippen LogP contribution in [0.2, 0.25) is 0 Å². The third-order valence-corrected chi connectivity index (χ3v) is 4.25. The van der Waals surface area contributed by atoms with Crippen LogP contribution in [0, 0.1) is 5.92 Å². The van der Waals surface area contributed by atoms with Gasteiger partial charge in [-0.2, -0.15) is 0 Å². The molecule has 3 rings (SSSR count). The minimum absolute atomic E-state index is 0.0772. The van der Waals surface area contributed by atoms with Gasteiger partial charge >= 0.3 is 0 Å².